The van der Waals surface area contributed by atoms with Crippen molar-refractivity contribution in [2.75, 3.05) is 13.1 Å². The number of aromatic nitrogens is 1. The van der Waals surface area contributed by atoms with E-state index in [1.165, 1.54) is 6.07 Å². The van der Waals surface area contributed by atoms with Gasteiger partial charge in [-0.2, -0.15) is 0 Å². The first kappa shape index (κ1) is 18.3. The van der Waals surface area contributed by atoms with Crippen molar-refractivity contribution in [3.63, 3.8) is 0 Å². The normalized spacial score (nSPS) is 14.8. The molecule has 0 radical (unpaired) electrons. The highest BCUT2D eigenvalue weighted by atomic mass is 16.5. The van der Waals surface area contributed by atoms with Gasteiger partial charge in [0.2, 0.25) is 0 Å². The van der Waals surface area contributed by atoms with Crippen LogP contribution in [0.3, 0.4) is 0 Å². The largest absolute Gasteiger partial charge is 0.477 e. The van der Waals surface area contributed by atoms with Gasteiger partial charge in [0.05, 0.1) is 11.8 Å². The Bertz CT molecular complexity index is 885. The maximum absolute atomic E-state index is 11.1. The van der Waals surface area contributed by atoms with Gasteiger partial charge in [-0.15, -0.1) is 0 Å². The molecule has 3 aromatic rings. The molecule has 2 aromatic carbocycles. The van der Waals surface area contributed by atoms with Crippen LogP contribution in [0.15, 0.2) is 78.9 Å². The van der Waals surface area contributed by atoms with E-state index in [1.54, 1.807) is 6.07 Å². The molecule has 0 saturated carbocycles. The third kappa shape index (κ3) is 4.27. The molecule has 0 spiro atoms. The average molecular weight is 374 g/mol. The van der Waals surface area contributed by atoms with Gasteiger partial charge in [0, 0.05) is 19.6 Å². The standard InChI is InChI=1S/C23H22N2O3/c26-23(27)21-13-7-12-19(24-21)14-25-15-20(16-25)28-22(17-8-3-1-4-9-17)18-10-5-2-6-11-18/h1-13,20,22H,14-16H2,(H,26,27). The van der Waals surface area contributed by atoms with Crippen molar-refractivity contribution in [1.82, 2.24) is 9.88 Å². The van der Waals surface area contributed by atoms with Crippen LogP contribution in [-0.2, 0) is 11.3 Å². The minimum atomic E-state index is -1.000. The molecule has 4 rings (SSSR count). The monoisotopic (exact) mass is 374 g/mol. The van der Waals surface area contributed by atoms with Crippen LogP contribution >= 0.6 is 0 Å². The predicted octanol–water partition coefficient (Wildman–Crippen LogP) is 3.77. The van der Waals surface area contributed by atoms with Crippen molar-refractivity contribution in [3.8, 4) is 0 Å². The second-order valence-corrected chi connectivity index (χ2v) is 6.97. The molecule has 142 valence electrons. The Hall–Kier alpha value is -3.02. The van der Waals surface area contributed by atoms with E-state index in [-0.39, 0.29) is 17.9 Å². The fourth-order valence-electron chi connectivity index (χ4n) is 3.45. The van der Waals surface area contributed by atoms with Gasteiger partial charge in [-0.1, -0.05) is 66.7 Å². The van der Waals surface area contributed by atoms with E-state index in [0.717, 1.165) is 29.9 Å². The molecule has 0 aliphatic carbocycles. The van der Waals surface area contributed by atoms with E-state index in [1.807, 2.05) is 42.5 Å². The third-order valence-corrected chi connectivity index (χ3v) is 4.87. The average Bonchev–Trinajstić information content (AvgIpc) is 2.71. The number of carbonyl (C=O) groups is 1. The zero-order chi connectivity index (χ0) is 19.3. The first-order valence-corrected chi connectivity index (χ1v) is 9.36. The van der Waals surface area contributed by atoms with Gasteiger partial charge < -0.3 is 9.84 Å². The van der Waals surface area contributed by atoms with E-state index in [0.29, 0.717) is 6.54 Å². The zero-order valence-corrected chi connectivity index (χ0v) is 15.4. The van der Waals surface area contributed by atoms with Crippen LogP contribution in [0.4, 0.5) is 0 Å². The lowest BCUT2D eigenvalue weighted by atomic mass is 10.0. The summed E-state index contributed by atoms with van der Waals surface area (Å²) < 4.78 is 6.43. The molecule has 0 amide bonds. The Kier molecular flexibility index (Phi) is 5.46. The van der Waals surface area contributed by atoms with Gasteiger partial charge in [0.1, 0.15) is 11.8 Å². The van der Waals surface area contributed by atoms with Gasteiger partial charge in [-0.05, 0) is 23.3 Å². The third-order valence-electron chi connectivity index (χ3n) is 4.87. The summed E-state index contributed by atoms with van der Waals surface area (Å²) in [6, 6.07) is 25.6. The van der Waals surface area contributed by atoms with Crippen LogP contribution < -0.4 is 0 Å². The Morgan fingerprint density at radius 2 is 1.57 bits per heavy atom. The maximum atomic E-state index is 11.1. The number of pyridine rings is 1. The van der Waals surface area contributed by atoms with E-state index < -0.39 is 5.97 Å². The number of ether oxygens (including phenoxy) is 1. The Morgan fingerprint density at radius 3 is 2.14 bits per heavy atom. The number of likely N-dealkylation sites (tertiary alicyclic amines) is 1. The number of carboxylic acids is 1. The molecule has 1 aromatic heterocycles. The first-order valence-electron chi connectivity index (χ1n) is 9.36. The van der Waals surface area contributed by atoms with Gasteiger partial charge in [0.15, 0.2) is 0 Å². The summed E-state index contributed by atoms with van der Waals surface area (Å²) in [5, 5.41) is 9.08. The molecule has 2 heterocycles. The van der Waals surface area contributed by atoms with Crippen molar-refractivity contribution in [2.24, 2.45) is 0 Å². The predicted molar refractivity (Wildman–Crippen MR) is 106 cm³/mol. The molecule has 5 nitrogen and oxygen atoms in total. The number of hydrogen-bond donors (Lipinski definition) is 1. The smallest absolute Gasteiger partial charge is 0.354 e. The maximum Gasteiger partial charge on any atom is 0.354 e. The Balaban J connectivity index is 1.39. The summed E-state index contributed by atoms with van der Waals surface area (Å²) >= 11 is 0. The van der Waals surface area contributed by atoms with Crippen molar-refractivity contribution in [3.05, 3.63) is 101 Å². The molecule has 1 aliphatic heterocycles. The summed E-state index contributed by atoms with van der Waals surface area (Å²) in [6.07, 6.45) is 0.0380. The quantitative estimate of drug-likeness (QED) is 0.682. The number of benzene rings is 2. The number of hydrogen-bond acceptors (Lipinski definition) is 4. The highest BCUT2D eigenvalue weighted by molar-refractivity contribution is 5.85. The van der Waals surface area contributed by atoms with E-state index in [4.69, 9.17) is 9.84 Å². The van der Waals surface area contributed by atoms with Crippen molar-refractivity contribution in [1.29, 1.82) is 0 Å². The van der Waals surface area contributed by atoms with Crippen LogP contribution in [-0.4, -0.2) is 40.2 Å². The highest BCUT2D eigenvalue weighted by Gasteiger charge is 2.31. The second-order valence-electron chi connectivity index (χ2n) is 6.97. The van der Waals surface area contributed by atoms with E-state index in [9.17, 15) is 4.79 Å². The van der Waals surface area contributed by atoms with Crippen molar-refractivity contribution < 1.29 is 14.6 Å². The summed E-state index contributed by atoms with van der Waals surface area (Å²) in [5.41, 5.74) is 3.13. The Labute approximate surface area is 164 Å². The molecule has 1 aliphatic rings. The Morgan fingerprint density at radius 1 is 0.964 bits per heavy atom. The molecule has 0 bridgehead atoms. The summed E-state index contributed by atoms with van der Waals surface area (Å²) in [6.45, 7) is 2.23. The number of rotatable bonds is 7. The second kappa shape index (κ2) is 8.33. The van der Waals surface area contributed by atoms with Gasteiger partial charge >= 0.3 is 5.97 Å². The summed E-state index contributed by atoms with van der Waals surface area (Å²) in [5.74, 6) is -1.000. The fraction of sp³-hybridized carbons (Fsp3) is 0.217. The minimum absolute atomic E-state index is 0.0824. The highest BCUT2D eigenvalue weighted by Crippen LogP contribution is 2.29. The molecule has 0 atom stereocenters. The van der Waals surface area contributed by atoms with Crippen LogP contribution in [0.2, 0.25) is 0 Å². The number of nitrogens with zero attached hydrogens (tertiary/aromatic N) is 2. The number of aromatic carboxylic acids is 1. The van der Waals surface area contributed by atoms with Gasteiger partial charge in [-0.25, -0.2) is 9.78 Å². The van der Waals surface area contributed by atoms with Crippen LogP contribution in [0.25, 0.3) is 0 Å². The molecule has 5 heteroatoms. The lowest BCUT2D eigenvalue weighted by Crippen LogP contribution is -2.52. The van der Waals surface area contributed by atoms with Gasteiger partial charge in [-0.3, -0.25) is 4.90 Å². The summed E-state index contributed by atoms with van der Waals surface area (Å²) in [4.78, 5) is 17.5. The van der Waals surface area contributed by atoms with E-state index in [2.05, 4.69) is 34.1 Å². The SMILES string of the molecule is O=C(O)c1cccc(CN2CC(OC(c3ccccc3)c3ccccc3)C2)n1. The topological polar surface area (TPSA) is 62.7 Å². The lowest BCUT2D eigenvalue weighted by Gasteiger charge is -2.40. The molecular formula is C23H22N2O3. The molecule has 1 N–H and O–H groups in total. The van der Waals surface area contributed by atoms with Crippen LogP contribution in [0.1, 0.15) is 33.4 Å². The molecule has 0 unspecified atom stereocenters. The molecule has 1 fully saturated rings. The molecular weight excluding hydrogens is 352 g/mol. The molecule has 28 heavy (non-hydrogen) atoms. The van der Waals surface area contributed by atoms with Gasteiger partial charge in [0.25, 0.3) is 0 Å². The van der Waals surface area contributed by atoms with Crippen LogP contribution in [0.5, 0.6) is 0 Å². The van der Waals surface area contributed by atoms with Crippen molar-refractivity contribution in [2.45, 2.75) is 18.8 Å². The van der Waals surface area contributed by atoms with Crippen LogP contribution in [0, 0.1) is 0 Å². The summed E-state index contributed by atoms with van der Waals surface area (Å²) in [7, 11) is 0. The molecule has 1 saturated heterocycles. The fourth-order valence-corrected chi connectivity index (χ4v) is 3.45. The van der Waals surface area contributed by atoms with Crippen molar-refractivity contribution >= 4 is 5.97 Å². The first-order chi connectivity index (χ1) is 13.7. The minimum Gasteiger partial charge on any atom is -0.477 e. The lowest BCUT2D eigenvalue weighted by molar-refractivity contribution is -0.0842. The van der Waals surface area contributed by atoms with E-state index >= 15 is 0 Å². The zero-order valence-electron chi connectivity index (χ0n) is 15.4. The number of carboxylic acid groups (broad SMARTS) is 1.